The summed E-state index contributed by atoms with van der Waals surface area (Å²) in [7, 11) is 3.24. The molecule has 0 unspecified atom stereocenters. The van der Waals surface area contributed by atoms with Crippen molar-refractivity contribution in [3.8, 4) is 11.5 Å². The molecule has 98 valence electrons. The van der Waals surface area contributed by atoms with Crippen LogP contribution in [0.15, 0.2) is 47.5 Å². The summed E-state index contributed by atoms with van der Waals surface area (Å²) in [6, 6.07) is 12.9. The molecule has 4 heteroatoms. The summed E-state index contributed by atoms with van der Waals surface area (Å²) in [5.41, 5.74) is 1.75. The van der Waals surface area contributed by atoms with Crippen molar-refractivity contribution < 1.29 is 9.47 Å². The second kappa shape index (κ2) is 6.25. The molecule has 0 fully saturated rings. The third-order valence-electron chi connectivity index (χ3n) is 2.56. The number of rotatable bonds is 4. The van der Waals surface area contributed by atoms with Gasteiger partial charge in [-0.1, -0.05) is 11.6 Å². The Morgan fingerprint density at radius 2 is 1.53 bits per heavy atom. The molecule has 0 bridgehead atoms. The highest BCUT2D eigenvalue weighted by Gasteiger charge is 1.99. The van der Waals surface area contributed by atoms with Crippen molar-refractivity contribution >= 4 is 23.5 Å². The van der Waals surface area contributed by atoms with Crippen molar-refractivity contribution in [1.29, 1.82) is 0 Å². The van der Waals surface area contributed by atoms with Gasteiger partial charge in [-0.05, 0) is 36.4 Å². The molecule has 0 heterocycles. The summed E-state index contributed by atoms with van der Waals surface area (Å²) >= 11 is 5.82. The first-order valence-corrected chi connectivity index (χ1v) is 6.12. The van der Waals surface area contributed by atoms with Crippen LogP contribution in [0.25, 0.3) is 0 Å². The molecule has 19 heavy (non-hydrogen) atoms. The molecule has 0 aliphatic rings. The molecule has 0 atom stereocenters. The van der Waals surface area contributed by atoms with Gasteiger partial charge in [-0.15, -0.1) is 0 Å². The first kappa shape index (κ1) is 13.4. The lowest BCUT2D eigenvalue weighted by Crippen LogP contribution is -1.90. The fourth-order valence-electron chi connectivity index (χ4n) is 1.58. The Morgan fingerprint density at radius 1 is 0.947 bits per heavy atom. The smallest absolute Gasteiger partial charge is 0.123 e. The van der Waals surface area contributed by atoms with Gasteiger partial charge in [0.15, 0.2) is 0 Å². The minimum Gasteiger partial charge on any atom is -0.497 e. The molecule has 0 radical (unpaired) electrons. The summed E-state index contributed by atoms with van der Waals surface area (Å²) in [5.74, 6) is 1.47. The number of aliphatic imine (C=N–C) groups is 1. The van der Waals surface area contributed by atoms with Gasteiger partial charge in [0.25, 0.3) is 0 Å². The van der Waals surface area contributed by atoms with Gasteiger partial charge in [-0.25, -0.2) is 0 Å². The van der Waals surface area contributed by atoms with Crippen LogP contribution in [0.2, 0.25) is 5.02 Å². The molecule has 2 rings (SSSR count). The molecule has 0 saturated heterocycles. The minimum absolute atomic E-state index is 0.696. The SMILES string of the molecule is COc1cc(C=Nc2ccc(Cl)cc2)cc(OC)c1. The highest BCUT2D eigenvalue weighted by molar-refractivity contribution is 6.30. The zero-order valence-corrected chi connectivity index (χ0v) is 11.5. The minimum atomic E-state index is 0.696. The van der Waals surface area contributed by atoms with E-state index in [0.29, 0.717) is 5.02 Å². The fraction of sp³-hybridized carbons (Fsp3) is 0.133. The Morgan fingerprint density at radius 3 is 2.05 bits per heavy atom. The van der Waals surface area contributed by atoms with Crippen molar-refractivity contribution in [2.24, 2.45) is 4.99 Å². The molecule has 2 aromatic rings. The van der Waals surface area contributed by atoms with E-state index < -0.39 is 0 Å². The average molecular weight is 276 g/mol. The highest BCUT2D eigenvalue weighted by atomic mass is 35.5. The molecule has 0 spiro atoms. The molecule has 0 aliphatic heterocycles. The van der Waals surface area contributed by atoms with Crippen LogP contribution in [0.4, 0.5) is 5.69 Å². The zero-order valence-electron chi connectivity index (χ0n) is 10.8. The standard InChI is InChI=1S/C15H14ClNO2/c1-18-14-7-11(8-15(9-14)19-2)10-17-13-5-3-12(16)4-6-13/h3-10H,1-2H3. The van der Waals surface area contributed by atoms with E-state index in [1.165, 1.54) is 0 Å². The van der Waals surface area contributed by atoms with Gasteiger partial charge in [0.05, 0.1) is 19.9 Å². The van der Waals surface area contributed by atoms with Gasteiger partial charge >= 0.3 is 0 Å². The van der Waals surface area contributed by atoms with E-state index in [2.05, 4.69) is 4.99 Å². The van der Waals surface area contributed by atoms with Crippen molar-refractivity contribution in [2.75, 3.05) is 14.2 Å². The van der Waals surface area contributed by atoms with E-state index in [1.54, 1.807) is 32.6 Å². The van der Waals surface area contributed by atoms with Gasteiger partial charge in [-0.3, -0.25) is 4.99 Å². The molecule has 3 nitrogen and oxygen atoms in total. The van der Waals surface area contributed by atoms with E-state index in [9.17, 15) is 0 Å². The van der Waals surface area contributed by atoms with Crippen LogP contribution in [-0.4, -0.2) is 20.4 Å². The highest BCUT2D eigenvalue weighted by Crippen LogP contribution is 2.22. The van der Waals surface area contributed by atoms with E-state index in [1.807, 2.05) is 30.3 Å². The van der Waals surface area contributed by atoms with Crippen molar-refractivity contribution in [1.82, 2.24) is 0 Å². The summed E-state index contributed by atoms with van der Waals surface area (Å²) < 4.78 is 10.4. The lowest BCUT2D eigenvalue weighted by Gasteiger charge is -2.05. The van der Waals surface area contributed by atoms with Crippen LogP contribution in [0, 0.1) is 0 Å². The molecule has 0 aliphatic carbocycles. The van der Waals surface area contributed by atoms with E-state index in [0.717, 1.165) is 22.7 Å². The third kappa shape index (κ3) is 3.73. The Hall–Kier alpha value is -2.00. The lowest BCUT2D eigenvalue weighted by molar-refractivity contribution is 0.394. The number of benzene rings is 2. The topological polar surface area (TPSA) is 30.8 Å². The maximum absolute atomic E-state index is 5.82. The maximum Gasteiger partial charge on any atom is 0.123 e. The van der Waals surface area contributed by atoms with E-state index >= 15 is 0 Å². The molecular formula is C15H14ClNO2. The summed E-state index contributed by atoms with van der Waals surface area (Å²) in [6.45, 7) is 0. The predicted molar refractivity (Wildman–Crippen MR) is 78.3 cm³/mol. The molecule has 0 aromatic heterocycles. The van der Waals surface area contributed by atoms with Crippen LogP contribution < -0.4 is 9.47 Å². The van der Waals surface area contributed by atoms with Gasteiger partial charge in [0.1, 0.15) is 11.5 Å². The Kier molecular flexibility index (Phi) is 4.42. The Balaban J connectivity index is 2.24. The van der Waals surface area contributed by atoms with E-state index in [4.69, 9.17) is 21.1 Å². The predicted octanol–water partition coefficient (Wildman–Crippen LogP) is 4.11. The van der Waals surface area contributed by atoms with Crippen LogP contribution in [0.3, 0.4) is 0 Å². The third-order valence-corrected chi connectivity index (χ3v) is 2.82. The first-order chi connectivity index (χ1) is 9.21. The maximum atomic E-state index is 5.82. The van der Waals surface area contributed by atoms with Gasteiger partial charge in [0, 0.05) is 22.9 Å². The number of hydrogen-bond donors (Lipinski definition) is 0. The summed E-state index contributed by atoms with van der Waals surface area (Å²) in [4.78, 5) is 4.37. The lowest BCUT2D eigenvalue weighted by atomic mass is 10.2. The first-order valence-electron chi connectivity index (χ1n) is 5.74. The Labute approximate surface area is 117 Å². The summed E-state index contributed by atoms with van der Waals surface area (Å²) in [6.07, 6.45) is 1.76. The number of hydrogen-bond acceptors (Lipinski definition) is 3. The van der Waals surface area contributed by atoms with Crippen LogP contribution in [0.5, 0.6) is 11.5 Å². The summed E-state index contributed by atoms with van der Waals surface area (Å²) in [5, 5.41) is 0.696. The molecule has 0 amide bonds. The molecule has 2 aromatic carbocycles. The number of halogens is 1. The van der Waals surface area contributed by atoms with E-state index in [-0.39, 0.29) is 0 Å². The zero-order chi connectivity index (χ0) is 13.7. The second-order valence-corrected chi connectivity index (χ2v) is 4.32. The molecular weight excluding hydrogens is 262 g/mol. The molecule has 0 N–H and O–H groups in total. The normalized spacial score (nSPS) is 10.7. The molecule has 0 saturated carbocycles. The van der Waals surface area contributed by atoms with Crippen LogP contribution in [-0.2, 0) is 0 Å². The van der Waals surface area contributed by atoms with Gasteiger partial charge < -0.3 is 9.47 Å². The van der Waals surface area contributed by atoms with Gasteiger partial charge in [0.2, 0.25) is 0 Å². The Bertz CT molecular complexity index is 557. The average Bonchev–Trinajstić information content (AvgIpc) is 2.46. The number of methoxy groups -OCH3 is 2. The fourth-order valence-corrected chi connectivity index (χ4v) is 1.71. The van der Waals surface area contributed by atoms with Crippen molar-refractivity contribution in [3.05, 3.63) is 53.1 Å². The second-order valence-electron chi connectivity index (χ2n) is 3.88. The van der Waals surface area contributed by atoms with Crippen LogP contribution >= 0.6 is 11.6 Å². The van der Waals surface area contributed by atoms with Crippen LogP contribution in [0.1, 0.15) is 5.56 Å². The number of nitrogens with zero attached hydrogens (tertiary/aromatic N) is 1. The van der Waals surface area contributed by atoms with Gasteiger partial charge in [-0.2, -0.15) is 0 Å². The quantitative estimate of drug-likeness (QED) is 0.786. The largest absolute Gasteiger partial charge is 0.497 e. The van der Waals surface area contributed by atoms with Crippen molar-refractivity contribution in [2.45, 2.75) is 0 Å². The van der Waals surface area contributed by atoms with Crippen molar-refractivity contribution in [3.63, 3.8) is 0 Å². The monoisotopic (exact) mass is 275 g/mol. The number of ether oxygens (including phenoxy) is 2.